The Labute approximate surface area is 129 Å². The molecule has 0 aromatic heterocycles. The van der Waals surface area contributed by atoms with Gasteiger partial charge in [-0.2, -0.15) is 0 Å². The first kappa shape index (κ1) is 18.5. The molecule has 4 N–H and O–H groups in total. The lowest BCUT2D eigenvalue weighted by atomic mass is 9.92. The number of ether oxygens (including phenoxy) is 1. The Bertz CT molecular complexity index is 433. The lowest BCUT2D eigenvalue weighted by Gasteiger charge is -2.24. The molecule has 126 valence electrons. The average Bonchev–Trinajstić information content (AvgIpc) is 3.23. The van der Waals surface area contributed by atoms with E-state index in [1.165, 1.54) is 6.92 Å². The fraction of sp³-hybridized carbons (Fsp3) is 0.786. The normalized spacial score (nSPS) is 22.8. The Balaban J connectivity index is 2.78. The number of nitrogens with one attached hydrogen (secondary N) is 2. The van der Waals surface area contributed by atoms with Crippen molar-refractivity contribution >= 4 is 17.6 Å². The SMILES string of the molecule is CC(=O)NC(CO)C(=O)NC(CC(C)C)C(=O)C1(CO)CO1. The second-order valence-electron chi connectivity index (χ2n) is 5.93. The van der Waals surface area contributed by atoms with Crippen LogP contribution in [0.1, 0.15) is 27.2 Å². The summed E-state index contributed by atoms with van der Waals surface area (Å²) >= 11 is 0. The number of carbonyl (C=O) groups excluding carboxylic acids is 3. The number of amides is 2. The number of hydrogen-bond donors (Lipinski definition) is 4. The summed E-state index contributed by atoms with van der Waals surface area (Å²) in [4.78, 5) is 35.5. The molecule has 0 aromatic carbocycles. The van der Waals surface area contributed by atoms with Crippen molar-refractivity contribution in [1.29, 1.82) is 0 Å². The molecule has 8 heteroatoms. The summed E-state index contributed by atoms with van der Waals surface area (Å²) in [6.45, 7) is 4.13. The van der Waals surface area contributed by atoms with Crippen LogP contribution in [0.5, 0.6) is 0 Å². The summed E-state index contributed by atoms with van der Waals surface area (Å²) < 4.78 is 5.03. The monoisotopic (exact) mass is 316 g/mol. The highest BCUT2D eigenvalue weighted by molar-refractivity contribution is 5.98. The fourth-order valence-electron chi connectivity index (χ4n) is 2.13. The first-order chi connectivity index (χ1) is 10.3. The molecule has 0 spiro atoms. The van der Waals surface area contributed by atoms with Crippen LogP contribution in [-0.2, 0) is 19.1 Å². The second kappa shape index (κ2) is 7.66. The van der Waals surface area contributed by atoms with Crippen molar-refractivity contribution in [1.82, 2.24) is 10.6 Å². The second-order valence-corrected chi connectivity index (χ2v) is 5.93. The predicted octanol–water partition coefficient (Wildman–Crippen LogP) is -1.66. The highest BCUT2D eigenvalue weighted by atomic mass is 16.6. The van der Waals surface area contributed by atoms with Crippen molar-refractivity contribution in [3.63, 3.8) is 0 Å². The zero-order valence-electron chi connectivity index (χ0n) is 13.1. The van der Waals surface area contributed by atoms with Crippen molar-refractivity contribution in [2.24, 2.45) is 5.92 Å². The van der Waals surface area contributed by atoms with Gasteiger partial charge in [-0.25, -0.2) is 0 Å². The van der Waals surface area contributed by atoms with Gasteiger partial charge in [0.2, 0.25) is 11.8 Å². The first-order valence-corrected chi connectivity index (χ1v) is 7.23. The van der Waals surface area contributed by atoms with E-state index < -0.39 is 48.5 Å². The van der Waals surface area contributed by atoms with E-state index in [1.807, 2.05) is 13.8 Å². The zero-order chi connectivity index (χ0) is 16.9. The number of epoxide rings is 1. The standard InChI is InChI=1S/C14H24N2O6/c1-8(2)4-10(12(20)14(6-18)7-22-14)16-13(21)11(5-17)15-9(3)19/h8,10-11,17-18H,4-7H2,1-3H3,(H,15,19)(H,16,21). The highest BCUT2D eigenvalue weighted by Crippen LogP contribution is 2.30. The molecule has 1 rings (SSSR count). The van der Waals surface area contributed by atoms with Crippen LogP contribution in [-0.4, -0.2) is 65.3 Å². The van der Waals surface area contributed by atoms with E-state index in [2.05, 4.69) is 10.6 Å². The van der Waals surface area contributed by atoms with Crippen molar-refractivity contribution in [3.05, 3.63) is 0 Å². The van der Waals surface area contributed by atoms with Gasteiger partial charge < -0.3 is 25.6 Å². The van der Waals surface area contributed by atoms with Crippen LogP contribution in [0.3, 0.4) is 0 Å². The van der Waals surface area contributed by atoms with Crippen molar-refractivity contribution in [2.75, 3.05) is 19.8 Å². The van der Waals surface area contributed by atoms with Gasteiger partial charge in [0.1, 0.15) is 6.04 Å². The van der Waals surface area contributed by atoms with Gasteiger partial charge in [0.05, 0.1) is 25.9 Å². The van der Waals surface area contributed by atoms with Gasteiger partial charge in [-0.1, -0.05) is 13.8 Å². The van der Waals surface area contributed by atoms with E-state index in [1.54, 1.807) is 0 Å². The van der Waals surface area contributed by atoms with E-state index in [4.69, 9.17) is 4.74 Å². The Hall–Kier alpha value is -1.51. The number of Topliss-reactive ketones (excluding diaryl/α,β-unsaturated/α-hetero) is 1. The molecule has 1 heterocycles. The van der Waals surface area contributed by atoms with Crippen LogP contribution in [0.4, 0.5) is 0 Å². The minimum atomic E-state index is -1.23. The van der Waals surface area contributed by atoms with Crippen LogP contribution < -0.4 is 10.6 Å². The van der Waals surface area contributed by atoms with Crippen LogP contribution in [0.25, 0.3) is 0 Å². The van der Waals surface area contributed by atoms with Crippen LogP contribution in [0.2, 0.25) is 0 Å². The Morgan fingerprint density at radius 2 is 1.77 bits per heavy atom. The molecule has 1 fully saturated rings. The van der Waals surface area contributed by atoms with Crippen LogP contribution in [0.15, 0.2) is 0 Å². The van der Waals surface area contributed by atoms with Gasteiger partial charge in [0.15, 0.2) is 11.4 Å². The van der Waals surface area contributed by atoms with Gasteiger partial charge >= 0.3 is 0 Å². The zero-order valence-corrected chi connectivity index (χ0v) is 13.1. The fourth-order valence-corrected chi connectivity index (χ4v) is 2.13. The summed E-state index contributed by atoms with van der Waals surface area (Å²) in [6.07, 6.45) is 0.369. The van der Waals surface area contributed by atoms with Crippen molar-refractivity contribution < 1.29 is 29.3 Å². The molecule has 3 unspecified atom stereocenters. The van der Waals surface area contributed by atoms with Gasteiger partial charge in [0.25, 0.3) is 0 Å². The maximum Gasteiger partial charge on any atom is 0.245 e. The maximum atomic E-state index is 12.4. The van der Waals surface area contributed by atoms with Gasteiger partial charge in [0, 0.05) is 6.92 Å². The number of hydrogen-bond acceptors (Lipinski definition) is 6. The molecule has 0 bridgehead atoms. The lowest BCUT2D eigenvalue weighted by molar-refractivity contribution is -0.134. The van der Waals surface area contributed by atoms with E-state index in [-0.39, 0.29) is 12.5 Å². The third-order valence-electron chi connectivity index (χ3n) is 3.41. The molecule has 3 atom stereocenters. The first-order valence-electron chi connectivity index (χ1n) is 7.23. The summed E-state index contributed by atoms with van der Waals surface area (Å²) in [5.41, 5.74) is -1.23. The minimum absolute atomic E-state index is 0.122. The average molecular weight is 316 g/mol. The van der Waals surface area contributed by atoms with Gasteiger partial charge in [-0.15, -0.1) is 0 Å². The molecular weight excluding hydrogens is 292 g/mol. The maximum absolute atomic E-state index is 12.4. The molecule has 0 aromatic rings. The largest absolute Gasteiger partial charge is 0.394 e. The van der Waals surface area contributed by atoms with E-state index >= 15 is 0 Å². The molecule has 0 radical (unpaired) electrons. The molecule has 22 heavy (non-hydrogen) atoms. The summed E-state index contributed by atoms with van der Waals surface area (Å²) in [6, 6.07) is -1.96. The lowest BCUT2D eigenvalue weighted by Crippen LogP contribution is -2.55. The van der Waals surface area contributed by atoms with Crippen LogP contribution in [0, 0.1) is 5.92 Å². The number of aliphatic hydroxyl groups excluding tert-OH is 2. The highest BCUT2D eigenvalue weighted by Gasteiger charge is 2.54. The number of rotatable bonds is 9. The Morgan fingerprint density at radius 1 is 1.18 bits per heavy atom. The molecule has 1 aliphatic rings. The predicted molar refractivity (Wildman–Crippen MR) is 76.9 cm³/mol. The van der Waals surface area contributed by atoms with E-state index in [9.17, 15) is 24.6 Å². The van der Waals surface area contributed by atoms with Crippen LogP contribution >= 0.6 is 0 Å². The summed E-state index contributed by atoms with van der Waals surface area (Å²) in [5, 5.41) is 23.3. The Morgan fingerprint density at radius 3 is 2.14 bits per heavy atom. The molecule has 8 nitrogen and oxygen atoms in total. The summed E-state index contributed by atoms with van der Waals surface area (Å²) in [7, 11) is 0. The Kier molecular flexibility index (Phi) is 6.46. The molecular formula is C14H24N2O6. The van der Waals surface area contributed by atoms with E-state index in [0.717, 1.165) is 0 Å². The van der Waals surface area contributed by atoms with Crippen molar-refractivity contribution in [2.45, 2.75) is 44.9 Å². The molecule has 2 amide bonds. The minimum Gasteiger partial charge on any atom is -0.394 e. The third kappa shape index (κ3) is 4.75. The quantitative estimate of drug-likeness (QED) is 0.377. The third-order valence-corrected chi connectivity index (χ3v) is 3.41. The van der Waals surface area contributed by atoms with E-state index in [0.29, 0.717) is 6.42 Å². The number of carbonyl (C=O) groups is 3. The topological polar surface area (TPSA) is 128 Å². The molecule has 0 aliphatic carbocycles. The molecule has 1 aliphatic heterocycles. The molecule has 1 saturated heterocycles. The molecule has 0 saturated carbocycles. The van der Waals surface area contributed by atoms with Gasteiger partial charge in [-0.3, -0.25) is 14.4 Å². The summed E-state index contributed by atoms with van der Waals surface area (Å²) in [5.74, 6) is -1.38. The van der Waals surface area contributed by atoms with Crippen molar-refractivity contribution in [3.8, 4) is 0 Å². The smallest absolute Gasteiger partial charge is 0.245 e. The number of aliphatic hydroxyl groups is 2. The number of ketones is 1. The van der Waals surface area contributed by atoms with Gasteiger partial charge in [-0.05, 0) is 12.3 Å².